The molecule has 0 saturated heterocycles. The minimum absolute atomic E-state index is 0.110. The highest BCUT2D eigenvalue weighted by molar-refractivity contribution is 9.10. The zero-order valence-corrected chi connectivity index (χ0v) is 18.8. The van der Waals surface area contributed by atoms with Gasteiger partial charge < -0.3 is 4.74 Å². The molecule has 3 rings (SSSR count). The summed E-state index contributed by atoms with van der Waals surface area (Å²) in [4.78, 5) is 17.8. The molecule has 0 unspecified atom stereocenters. The predicted molar refractivity (Wildman–Crippen MR) is 122 cm³/mol. The van der Waals surface area contributed by atoms with Gasteiger partial charge in [0, 0.05) is 10.4 Å². The Morgan fingerprint density at radius 2 is 1.86 bits per heavy atom. The molecule has 29 heavy (non-hydrogen) atoms. The number of hydrogen-bond acceptors (Lipinski definition) is 4. The van der Waals surface area contributed by atoms with Crippen LogP contribution in [0.4, 0.5) is 0 Å². The van der Waals surface area contributed by atoms with Gasteiger partial charge in [-0.15, -0.1) is 0 Å². The summed E-state index contributed by atoms with van der Waals surface area (Å²) in [5.41, 5.74) is 1.41. The van der Waals surface area contributed by atoms with Crippen molar-refractivity contribution in [3.05, 3.63) is 68.7 Å². The Balaban J connectivity index is 1.99. The summed E-state index contributed by atoms with van der Waals surface area (Å²) in [5.74, 6) is 1.60. The first-order valence-electron chi connectivity index (χ1n) is 9.96. The minimum atomic E-state index is -0.167. The molecule has 1 aromatic heterocycles. The van der Waals surface area contributed by atoms with E-state index in [4.69, 9.17) is 9.72 Å². The molecule has 0 fully saturated rings. The van der Waals surface area contributed by atoms with Crippen molar-refractivity contribution in [1.82, 2.24) is 9.66 Å². The minimum Gasteiger partial charge on any atom is -0.491 e. The number of nitrogens with zero attached hydrogens (tertiary/aromatic N) is 3. The highest BCUT2D eigenvalue weighted by Crippen LogP contribution is 2.21. The fourth-order valence-corrected chi connectivity index (χ4v) is 3.21. The van der Waals surface area contributed by atoms with Gasteiger partial charge in [0.2, 0.25) is 0 Å². The first kappa shape index (κ1) is 21.2. The van der Waals surface area contributed by atoms with Gasteiger partial charge in [-0.2, -0.15) is 9.78 Å². The molecule has 0 radical (unpaired) electrons. The molecule has 0 N–H and O–H groups in total. The van der Waals surface area contributed by atoms with E-state index in [-0.39, 0.29) is 17.6 Å². The monoisotopic (exact) mass is 455 g/mol. The number of ether oxygens (including phenoxy) is 1. The van der Waals surface area contributed by atoms with Gasteiger partial charge in [-0.3, -0.25) is 4.79 Å². The fourth-order valence-electron chi connectivity index (χ4n) is 2.85. The topological polar surface area (TPSA) is 56.5 Å². The summed E-state index contributed by atoms with van der Waals surface area (Å²) in [6, 6.07) is 13.2. The third-order valence-corrected chi connectivity index (χ3v) is 5.49. The molecular weight excluding hydrogens is 430 g/mol. The van der Waals surface area contributed by atoms with Gasteiger partial charge in [0.15, 0.2) is 0 Å². The summed E-state index contributed by atoms with van der Waals surface area (Å²) in [7, 11) is 0. The van der Waals surface area contributed by atoms with E-state index in [1.807, 2.05) is 43.3 Å². The summed E-state index contributed by atoms with van der Waals surface area (Å²) in [5, 5.41) is 5.03. The molecule has 3 aromatic rings. The highest BCUT2D eigenvalue weighted by atomic mass is 79.9. The summed E-state index contributed by atoms with van der Waals surface area (Å²) >= 11 is 3.43. The maximum absolute atomic E-state index is 13.1. The van der Waals surface area contributed by atoms with Crippen LogP contribution in [0.15, 0.2) is 56.8 Å². The molecule has 6 heteroatoms. The first-order chi connectivity index (χ1) is 13.9. The third-order valence-electron chi connectivity index (χ3n) is 5.00. The summed E-state index contributed by atoms with van der Waals surface area (Å²) in [6.45, 7) is 8.27. The van der Waals surface area contributed by atoms with E-state index in [0.29, 0.717) is 16.7 Å². The van der Waals surface area contributed by atoms with E-state index in [1.54, 1.807) is 12.3 Å². The lowest BCUT2D eigenvalue weighted by atomic mass is 10.1. The van der Waals surface area contributed by atoms with Crippen LogP contribution < -0.4 is 10.3 Å². The normalized spacial score (nSPS) is 13.7. The van der Waals surface area contributed by atoms with Gasteiger partial charge >= 0.3 is 0 Å². The van der Waals surface area contributed by atoms with Crippen LogP contribution in [0, 0.1) is 0 Å². The SMILES string of the molecule is CC[C@@H](C)Oc1ccc(C=Nn2c([C@H](C)CC)nc3ccc(Br)cc3c2=O)cc1. The van der Waals surface area contributed by atoms with E-state index in [1.165, 1.54) is 4.68 Å². The lowest BCUT2D eigenvalue weighted by Crippen LogP contribution is -2.23. The standard InChI is InChI=1S/C23H26BrN3O2/c1-5-15(3)22-26-21-12-9-18(24)13-20(21)23(28)27(22)25-14-17-7-10-19(11-8-17)29-16(4)6-2/h7-16H,5-6H2,1-4H3/t15-,16-/m1/s1. The number of fused-ring (bicyclic) bond motifs is 1. The molecule has 2 atom stereocenters. The van der Waals surface area contributed by atoms with Gasteiger partial charge in [0.1, 0.15) is 11.6 Å². The Kier molecular flexibility index (Phi) is 6.85. The molecule has 0 aliphatic carbocycles. The number of aromatic nitrogens is 2. The van der Waals surface area contributed by atoms with Crippen LogP contribution in [0.1, 0.15) is 57.8 Å². The van der Waals surface area contributed by atoms with Crippen molar-refractivity contribution in [2.75, 3.05) is 0 Å². The van der Waals surface area contributed by atoms with Crippen LogP contribution in [0.2, 0.25) is 0 Å². The molecule has 0 amide bonds. The molecule has 1 heterocycles. The first-order valence-corrected chi connectivity index (χ1v) is 10.8. The average Bonchev–Trinajstić information content (AvgIpc) is 2.73. The second-order valence-electron chi connectivity index (χ2n) is 7.21. The second kappa shape index (κ2) is 9.35. The van der Waals surface area contributed by atoms with Crippen LogP contribution >= 0.6 is 15.9 Å². The lowest BCUT2D eigenvalue weighted by Gasteiger charge is -2.14. The van der Waals surface area contributed by atoms with Crippen LogP contribution in [0.25, 0.3) is 10.9 Å². The van der Waals surface area contributed by atoms with Crippen molar-refractivity contribution in [1.29, 1.82) is 0 Å². The van der Waals surface area contributed by atoms with Crippen LogP contribution in [-0.2, 0) is 0 Å². The molecule has 2 aromatic carbocycles. The predicted octanol–water partition coefficient (Wildman–Crippen LogP) is 5.73. The van der Waals surface area contributed by atoms with Crippen molar-refractivity contribution in [2.45, 2.75) is 52.6 Å². The number of benzene rings is 2. The van der Waals surface area contributed by atoms with Crippen LogP contribution in [-0.4, -0.2) is 22.0 Å². The second-order valence-corrected chi connectivity index (χ2v) is 8.12. The largest absolute Gasteiger partial charge is 0.491 e. The molecule has 152 valence electrons. The van der Waals surface area contributed by atoms with Crippen molar-refractivity contribution >= 4 is 33.0 Å². The molecular formula is C23H26BrN3O2. The molecule has 5 nitrogen and oxygen atoms in total. The maximum Gasteiger partial charge on any atom is 0.282 e. The molecule has 0 bridgehead atoms. The van der Waals surface area contributed by atoms with Crippen LogP contribution in [0.3, 0.4) is 0 Å². The van der Waals surface area contributed by atoms with Gasteiger partial charge in [-0.1, -0.05) is 36.7 Å². The zero-order valence-electron chi connectivity index (χ0n) is 17.2. The Hall–Kier alpha value is -2.47. The molecule has 0 aliphatic heterocycles. The fraction of sp³-hybridized carbons (Fsp3) is 0.348. The number of halogens is 1. The van der Waals surface area contributed by atoms with Crippen molar-refractivity contribution in [3.8, 4) is 5.75 Å². The number of hydrogen-bond donors (Lipinski definition) is 0. The van der Waals surface area contributed by atoms with E-state index in [9.17, 15) is 4.79 Å². The van der Waals surface area contributed by atoms with Crippen molar-refractivity contribution in [2.24, 2.45) is 5.10 Å². The Morgan fingerprint density at radius 1 is 1.14 bits per heavy atom. The Morgan fingerprint density at radius 3 is 2.52 bits per heavy atom. The lowest BCUT2D eigenvalue weighted by molar-refractivity contribution is 0.217. The third kappa shape index (κ3) is 4.93. The van der Waals surface area contributed by atoms with Crippen LogP contribution in [0.5, 0.6) is 5.75 Å². The summed E-state index contributed by atoms with van der Waals surface area (Å²) in [6.07, 6.45) is 3.68. The quantitative estimate of drug-likeness (QED) is 0.427. The molecule has 0 aliphatic rings. The van der Waals surface area contributed by atoms with Crippen molar-refractivity contribution < 1.29 is 4.74 Å². The van der Waals surface area contributed by atoms with E-state index < -0.39 is 0 Å². The highest BCUT2D eigenvalue weighted by Gasteiger charge is 2.15. The smallest absolute Gasteiger partial charge is 0.282 e. The van der Waals surface area contributed by atoms with Crippen molar-refractivity contribution in [3.63, 3.8) is 0 Å². The molecule has 0 saturated carbocycles. The van der Waals surface area contributed by atoms with Gasteiger partial charge in [0.05, 0.1) is 23.2 Å². The van der Waals surface area contributed by atoms with E-state index in [2.05, 4.69) is 41.8 Å². The Bertz CT molecular complexity index is 1070. The zero-order chi connectivity index (χ0) is 21.0. The van der Waals surface area contributed by atoms with Gasteiger partial charge in [-0.25, -0.2) is 4.98 Å². The summed E-state index contributed by atoms with van der Waals surface area (Å²) < 4.78 is 8.07. The Labute approximate surface area is 179 Å². The van der Waals surface area contributed by atoms with Gasteiger partial charge in [-0.05, 0) is 67.8 Å². The maximum atomic E-state index is 13.1. The molecule has 0 spiro atoms. The average molecular weight is 456 g/mol. The van der Waals surface area contributed by atoms with E-state index >= 15 is 0 Å². The number of rotatable bonds is 7. The van der Waals surface area contributed by atoms with E-state index in [0.717, 1.165) is 28.6 Å². The van der Waals surface area contributed by atoms with Gasteiger partial charge in [0.25, 0.3) is 5.56 Å².